The van der Waals surface area contributed by atoms with Crippen molar-refractivity contribution in [2.75, 3.05) is 46.9 Å². The minimum absolute atomic E-state index is 0.0983. The first-order valence-electron chi connectivity index (χ1n) is 8.27. The summed E-state index contributed by atoms with van der Waals surface area (Å²) >= 11 is 1.70. The number of amides is 1. The van der Waals surface area contributed by atoms with Crippen LogP contribution in [0, 0.1) is 5.92 Å². The highest BCUT2D eigenvalue weighted by Crippen LogP contribution is 2.25. The molecule has 0 saturated carbocycles. The summed E-state index contributed by atoms with van der Waals surface area (Å²) in [5.41, 5.74) is 0. The van der Waals surface area contributed by atoms with Crippen molar-refractivity contribution in [2.24, 2.45) is 5.92 Å². The molecule has 23 heavy (non-hydrogen) atoms. The van der Waals surface area contributed by atoms with Crippen molar-refractivity contribution >= 4 is 17.2 Å². The van der Waals surface area contributed by atoms with Gasteiger partial charge in [0, 0.05) is 24.5 Å². The number of rotatable bonds is 7. The predicted molar refractivity (Wildman–Crippen MR) is 94.8 cm³/mol. The van der Waals surface area contributed by atoms with Crippen molar-refractivity contribution in [1.29, 1.82) is 0 Å². The van der Waals surface area contributed by atoms with E-state index in [1.54, 1.807) is 11.3 Å². The van der Waals surface area contributed by atoms with E-state index in [0.29, 0.717) is 19.1 Å². The van der Waals surface area contributed by atoms with Gasteiger partial charge in [-0.2, -0.15) is 0 Å². The number of likely N-dealkylation sites (N-methyl/N-ethyl adjacent to an activating group) is 1. The molecule has 1 fully saturated rings. The summed E-state index contributed by atoms with van der Waals surface area (Å²) in [5, 5.41) is 5.26. The number of ether oxygens (including phenoxy) is 1. The molecule has 6 heteroatoms. The summed E-state index contributed by atoms with van der Waals surface area (Å²) in [7, 11) is 4.09. The molecule has 0 radical (unpaired) electrons. The van der Waals surface area contributed by atoms with E-state index in [-0.39, 0.29) is 18.1 Å². The molecule has 2 atom stereocenters. The topological polar surface area (TPSA) is 44.8 Å². The Bertz CT molecular complexity index is 476. The van der Waals surface area contributed by atoms with Crippen LogP contribution in [0.25, 0.3) is 0 Å². The highest BCUT2D eigenvalue weighted by Gasteiger charge is 2.24. The number of carbonyl (C=O) groups excluding carboxylic acids is 1. The van der Waals surface area contributed by atoms with Crippen LogP contribution in [0.5, 0.6) is 0 Å². The van der Waals surface area contributed by atoms with Crippen molar-refractivity contribution in [2.45, 2.75) is 26.0 Å². The zero-order chi connectivity index (χ0) is 16.8. The molecular formula is C17H29N3O2S. The fraction of sp³-hybridized carbons (Fsp3) is 0.706. The Kier molecular flexibility index (Phi) is 7.02. The maximum absolute atomic E-state index is 12.5. The maximum Gasteiger partial charge on any atom is 0.234 e. The molecule has 2 heterocycles. The van der Waals surface area contributed by atoms with Gasteiger partial charge < -0.3 is 15.0 Å². The summed E-state index contributed by atoms with van der Waals surface area (Å²) in [6.07, 6.45) is 0.185. The summed E-state index contributed by atoms with van der Waals surface area (Å²) in [5.74, 6) is 0.478. The third-order valence-electron chi connectivity index (χ3n) is 3.99. The van der Waals surface area contributed by atoms with E-state index >= 15 is 0 Å². The molecule has 1 aromatic heterocycles. The highest BCUT2D eigenvalue weighted by atomic mass is 32.1. The van der Waals surface area contributed by atoms with E-state index in [9.17, 15) is 4.79 Å². The first-order chi connectivity index (χ1) is 11.0. The number of morpholine rings is 1. The van der Waals surface area contributed by atoms with Crippen molar-refractivity contribution < 1.29 is 9.53 Å². The minimum Gasteiger partial charge on any atom is -0.374 e. The molecule has 1 amide bonds. The van der Waals surface area contributed by atoms with Crippen LogP contribution >= 0.6 is 11.3 Å². The second-order valence-corrected chi connectivity index (χ2v) is 7.77. The number of nitrogens with one attached hydrogen (secondary N) is 1. The summed E-state index contributed by atoms with van der Waals surface area (Å²) < 4.78 is 5.77. The fourth-order valence-electron chi connectivity index (χ4n) is 2.90. The van der Waals surface area contributed by atoms with Crippen LogP contribution in [-0.4, -0.2) is 68.7 Å². The van der Waals surface area contributed by atoms with Gasteiger partial charge in [0.25, 0.3) is 0 Å². The van der Waals surface area contributed by atoms with Crippen molar-refractivity contribution in [3.05, 3.63) is 22.4 Å². The van der Waals surface area contributed by atoms with Crippen LogP contribution in [0.2, 0.25) is 0 Å². The Morgan fingerprint density at radius 2 is 2.30 bits per heavy atom. The number of hydrogen-bond donors (Lipinski definition) is 1. The van der Waals surface area contributed by atoms with Gasteiger partial charge in [-0.1, -0.05) is 19.9 Å². The predicted octanol–water partition coefficient (Wildman–Crippen LogP) is 1.82. The summed E-state index contributed by atoms with van der Waals surface area (Å²) in [4.78, 5) is 18.0. The Balaban J connectivity index is 1.85. The zero-order valence-electron chi connectivity index (χ0n) is 14.6. The molecule has 130 valence electrons. The average molecular weight is 340 g/mol. The van der Waals surface area contributed by atoms with Gasteiger partial charge >= 0.3 is 0 Å². The third kappa shape index (κ3) is 5.88. The van der Waals surface area contributed by atoms with Gasteiger partial charge in [0.1, 0.15) is 0 Å². The van der Waals surface area contributed by atoms with Crippen LogP contribution in [0.1, 0.15) is 24.8 Å². The van der Waals surface area contributed by atoms with Crippen LogP contribution < -0.4 is 5.32 Å². The Hall–Kier alpha value is -0.950. The normalized spacial score (nSPS) is 20.9. The van der Waals surface area contributed by atoms with E-state index in [0.717, 1.165) is 19.6 Å². The van der Waals surface area contributed by atoms with Crippen LogP contribution in [-0.2, 0) is 9.53 Å². The summed E-state index contributed by atoms with van der Waals surface area (Å²) in [6.45, 7) is 7.97. The molecule has 1 saturated heterocycles. The van der Waals surface area contributed by atoms with Crippen LogP contribution in [0.3, 0.4) is 0 Å². The largest absolute Gasteiger partial charge is 0.374 e. The molecule has 2 rings (SSSR count). The fourth-order valence-corrected chi connectivity index (χ4v) is 3.85. The Morgan fingerprint density at radius 3 is 2.91 bits per heavy atom. The molecule has 0 aliphatic carbocycles. The number of nitrogens with zero attached hydrogens (tertiary/aromatic N) is 2. The lowest BCUT2D eigenvalue weighted by Gasteiger charge is -2.34. The van der Waals surface area contributed by atoms with Crippen LogP contribution in [0.15, 0.2) is 17.5 Å². The molecule has 1 aliphatic heterocycles. The second-order valence-electron chi connectivity index (χ2n) is 6.79. The SMILES string of the molecule is CC(C)[C@H](NC(=O)CN1CCO[C@@H](CN(C)C)C1)c1cccs1. The molecule has 0 spiro atoms. The van der Waals surface area contributed by atoms with E-state index in [1.807, 2.05) is 20.2 Å². The zero-order valence-corrected chi connectivity index (χ0v) is 15.4. The van der Waals surface area contributed by atoms with Gasteiger partial charge in [0.15, 0.2) is 0 Å². The van der Waals surface area contributed by atoms with E-state index in [4.69, 9.17) is 4.74 Å². The minimum atomic E-state index is 0.0983. The third-order valence-corrected chi connectivity index (χ3v) is 4.95. The lowest BCUT2D eigenvalue weighted by molar-refractivity contribution is -0.125. The number of hydrogen-bond acceptors (Lipinski definition) is 5. The van der Waals surface area contributed by atoms with Gasteiger partial charge in [0.05, 0.1) is 25.3 Å². The molecule has 0 aromatic carbocycles. The molecule has 0 unspecified atom stereocenters. The van der Waals surface area contributed by atoms with Gasteiger partial charge in [-0.15, -0.1) is 11.3 Å². The second kappa shape index (κ2) is 8.78. The molecule has 0 bridgehead atoms. The Morgan fingerprint density at radius 1 is 1.52 bits per heavy atom. The van der Waals surface area contributed by atoms with Crippen molar-refractivity contribution in [3.8, 4) is 0 Å². The van der Waals surface area contributed by atoms with E-state index < -0.39 is 0 Å². The van der Waals surface area contributed by atoms with Crippen molar-refractivity contribution in [3.63, 3.8) is 0 Å². The van der Waals surface area contributed by atoms with E-state index in [2.05, 4.69) is 40.4 Å². The first-order valence-corrected chi connectivity index (χ1v) is 9.15. The summed E-state index contributed by atoms with van der Waals surface area (Å²) in [6, 6.07) is 4.23. The van der Waals surface area contributed by atoms with Gasteiger partial charge in [-0.25, -0.2) is 0 Å². The van der Waals surface area contributed by atoms with E-state index in [1.165, 1.54) is 4.88 Å². The van der Waals surface area contributed by atoms with Crippen molar-refractivity contribution in [1.82, 2.24) is 15.1 Å². The van der Waals surface area contributed by atoms with Gasteiger partial charge in [-0.3, -0.25) is 9.69 Å². The standard InChI is InChI=1S/C17H29N3O2S/c1-13(2)17(15-6-5-9-23-15)18-16(21)12-20-7-8-22-14(11-20)10-19(3)4/h5-6,9,13-14,17H,7-8,10-12H2,1-4H3,(H,18,21)/t14-,17-/m0/s1. The molecule has 1 N–H and O–H groups in total. The maximum atomic E-state index is 12.5. The molecule has 1 aromatic rings. The first kappa shape index (κ1) is 18.4. The van der Waals surface area contributed by atoms with Crippen LogP contribution in [0.4, 0.5) is 0 Å². The lowest BCUT2D eigenvalue weighted by atomic mass is 10.0. The molecule has 5 nitrogen and oxygen atoms in total. The monoisotopic (exact) mass is 339 g/mol. The lowest BCUT2D eigenvalue weighted by Crippen LogP contribution is -2.50. The average Bonchev–Trinajstić information content (AvgIpc) is 2.98. The number of carbonyl (C=O) groups is 1. The van der Waals surface area contributed by atoms with Gasteiger partial charge in [0.2, 0.25) is 5.91 Å². The smallest absolute Gasteiger partial charge is 0.234 e. The Labute approximate surface area is 143 Å². The molecule has 1 aliphatic rings. The quantitative estimate of drug-likeness (QED) is 0.823. The van der Waals surface area contributed by atoms with Gasteiger partial charge in [-0.05, 0) is 31.5 Å². The highest BCUT2D eigenvalue weighted by molar-refractivity contribution is 7.10. The number of thiophene rings is 1. The molecular weight excluding hydrogens is 310 g/mol.